The molecule has 1 saturated heterocycles. The minimum atomic E-state index is 0.188. The highest BCUT2D eigenvalue weighted by Gasteiger charge is 2.26. The molecule has 6 heteroatoms. The Morgan fingerprint density at radius 2 is 2.32 bits per heavy atom. The predicted molar refractivity (Wildman–Crippen MR) is 79.6 cm³/mol. The second-order valence-corrected chi connectivity index (χ2v) is 6.25. The minimum absolute atomic E-state index is 0.188. The molecule has 0 amide bonds. The van der Waals surface area contributed by atoms with Crippen molar-refractivity contribution in [3.8, 4) is 0 Å². The Bertz CT molecular complexity index is 601. The fraction of sp³-hybridized carbons (Fsp3) is 0.538. The standard InChI is InChI=1S/C13H16ClN3OS/c1-8-9(2)19-13-11(8)12(15-7-16-13)17-3-4-18-6-10(17)5-14/h7,10H,3-6H2,1-2H3. The molecule has 1 fully saturated rings. The van der Waals surface area contributed by atoms with Crippen LogP contribution in [-0.2, 0) is 4.74 Å². The van der Waals surface area contributed by atoms with Gasteiger partial charge in [-0.25, -0.2) is 9.97 Å². The van der Waals surface area contributed by atoms with Crippen LogP contribution in [0.2, 0.25) is 0 Å². The quantitative estimate of drug-likeness (QED) is 0.799. The lowest BCUT2D eigenvalue weighted by Crippen LogP contribution is -2.47. The summed E-state index contributed by atoms with van der Waals surface area (Å²) in [7, 11) is 0. The zero-order valence-corrected chi connectivity index (χ0v) is 12.6. The summed E-state index contributed by atoms with van der Waals surface area (Å²) in [5.74, 6) is 1.55. The van der Waals surface area contributed by atoms with Crippen molar-refractivity contribution in [2.45, 2.75) is 19.9 Å². The summed E-state index contributed by atoms with van der Waals surface area (Å²) in [6.45, 7) is 6.48. The lowest BCUT2D eigenvalue weighted by Gasteiger charge is -2.35. The number of thiophene rings is 1. The molecule has 0 radical (unpaired) electrons. The Morgan fingerprint density at radius 1 is 1.47 bits per heavy atom. The molecular weight excluding hydrogens is 282 g/mol. The molecule has 1 atom stereocenters. The molecule has 102 valence electrons. The Morgan fingerprint density at radius 3 is 3.11 bits per heavy atom. The van der Waals surface area contributed by atoms with Crippen LogP contribution >= 0.6 is 22.9 Å². The van der Waals surface area contributed by atoms with Gasteiger partial charge in [-0.3, -0.25) is 0 Å². The van der Waals surface area contributed by atoms with Gasteiger partial charge in [-0.1, -0.05) is 0 Å². The van der Waals surface area contributed by atoms with Gasteiger partial charge in [0, 0.05) is 17.3 Å². The molecule has 1 unspecified atom stereocenters. The van der Waals surface area contributed by atoms with Crippen molar-refractivity contribution < 1.29 is 4.74 Å². The average molecular weight is 298 g/mol. The smallest absolute Gasteiger partial charge is 0.141 e. The first kappa shape index (κ1) is 13.1. The highest BCUT2D eigenvalue weighted by molar-refractivity contribution is 7.18. The van der Waals surface area contributed by atoms with Crippen LogP contribution < -0.4 is 4.90 Å². The number of halogens is 1. The third kappa shape index (κ3) is 2.20. The Kier molecular flexibility index (Phi) is 3.60. The van der Waals surface area contributed by atoms with Gasteiger partial charge in [-0.15, -0.1) is 22.9 Å². The summed E-state index contributed by atoms with van der Waals surface area (Å²) >= 11 is 7.78. The summed E-state index contributed by atoms with van der Waals surface area (Å²) in [5.41, 5.74) is 1.27. The van der Waals surface area contributed by atoms with Gasteiger partial charge < -0.3 is 9.64 Å². The van der Waals surface area contributed by atoms with E-state index in [-0.39, 0.29) is 6.04 Å². The Labute approximate surface area is 121 Å². The number of alkyl halides is 1. The zero-order valence-electron chi connectivity index (χ0n) is 11.0. The summed E-state index contributed by atoms with van der Waals surface area (Å²) in [6, 6.07) is 0.188. The van der Waals surface area contributed by atoms with E-state index in [0.717, 1.165) is 23.8 Å². The van der Waals surface area contributed by atoms with Crippen LogP contribution in [0.5, 0.6) is 0 Å². The van der Waals surface area contributed by atoms with Crippen molar-refractivity contribution in [1.29, 1.82) is 0 Å². The molecule has 0 N–H and O–H groups in total. The van der Waals surface area contributed by atoms with E-state index in [9.17, 15) is 0 Å². The van der Waals surface area contributed by atoms with Crippen LogP contribution in [0, 0.1) is 13.8 Å². The normalized spacial score (nSPS) is 20.2. The van der Waals surface area contributed by atoms with Gasteiger partial charge in [-0.05, 0) is 19.4 Å². The van der Waals surface area contributed by atoms with Gasteiger partial charge in [0.05, 0.1) is 24.6 Å². The molecular formula is C13H16ClN3OS. The zero-order chi connectivity index (χ0) is 13.4. The van der Waals surface area contributed by atoms with Gasteiger partial charge in [-0.2, -0.15) is 0 Å². The van der Waals surface area contributed by atoms with Gasteiger partial charge >= 0.3 is 0 Å². The number of ether oxygens (including phenoxy) is 1. The predicted octanol–water partition coefficient (Wildman–Crippen LogP) is 2.75. The largest absolute Gasteiger partial charge is 0.377 e. The third-order valence-electron chi connectivity index (χ3n) is 3.62. The lowest BCUT2D eigenvalue weighted by molar-refractivity contribution is 0.0995. The van der Waals surface area contributed by atoms with Crippen molar-refractivity contribution in [3.63, 3.8) is 0 Å². The van der Waals surface area contributed by atoms with Crippen molar-refractivity contribution in [2.75, 3.05) is 30.5 Å². The van der Waals surface area contributed by atoms with Crippen LogP contribution in [-0.4, -0.2) is 41.6 Å². The first-order chi connectivity index (χ1) is 9.22. The molecule has 19 heavy (non-hydrogen) atoms. The topological polar surface area (TPSA) is 38.2 Å². The van der Waals surface area contributed by atoms with Crippen molar-refractivity contribution in [2.24, 2.45) is 0 Å². The van der Waals surface area contributed by atoms with Crippen molar-refractivity contribution in [1.82, 2.24) is 9.97 Å². The molecule has 0 aromatic carbocycles. The van der Waals surface area contributed by atoms with Gasteiger partial charge in [0.2, 0.25) is 0 Å². The molecule has 3 rings (SSSR count). The van der Waals surface area contributed by atoms with Crippen LogP contribution in [0.15, 0.2) is 6.33 Å². The molecule has 3 heterocycles. The number of anilines is 1. The second-order valence-electron chi connectivity index (χ2n) is 4.74. The monoisotopic (exact) mass is 297 g/mol. The molecule has 1 aliphatic rings. The van der Waals surface area contributed by atoms with E-state index >= 15 is 0 Å². The van der Waals surface area contributed by atoms with Crippen LogP contribution in [0.25, 0.3) is 10.2 Å². The Balaban J connectivity index is 2.13. The number of aromatic nitrogens is 2. The average Bonchev–Trinajstić information content (AvgIpc) is 2.74. The molecule has 0 saturated carbocycles. The third-order valence-corrected chi connectivity index (χ3v) is 5.09. The fourth-order valence-corrected chi connectivity index (χ4v) is 3.69. The molecule has 0 aliphatic carbocycles. The number of nitrogens with zero attached hydrogens (tertiary/aromatic N) is 3. The number of hydrogen-bond acceptors (Lipinski definition) is 5. The van der Waals surface area contributed by atoms with E-state index in [2.05, 4.69) is 28.7 Å². The van der Waals surface area contributed by atoms with Crippen molar-refractivity contribution >= 4 is 39.0 Å². The van der Waals surface area contributed by atoms with E-state index in [1.54, 1.807) is 17.7 Å². The number of hydrogen-bond donors (Lipinski definition) is 0. The summed E-state index contributed by atoms with van der Waals surface area (Å²) in [5, 5.41) is 1.17. The van der Waals surface area contributed by atoms with Crippen LogP contribution in [0.1, 0.15) is 10.4 Å². The molecule has 2 aromatic rings. The van der Waals surface area contributed by atoms with Crippen LogP contribution in [0.3, 0.4) is 0 Å². The second kappa shape index (κ2) is 5.23. The molecule has 1 aliphatic heterocycles. The number of fused-ring (bicyclic) bond motifs is 1. The molecule has 0 bridgehead atoms. The van der Waals surface area contributed by atoms with Crippen molar-refractivity contribution in [3.05, 3.63) is 16.8 Å². The van der Waals surface area contributed by atoms with E-state index in [0.29, 0.717) is 12.5 Å². The summed E-state index contributed by atoms with van der Waals surface area (Å²) in [4.78, 5) is 13.5. The highest BCUT2D eigenvalue weighted by Crippen LogP contribution is 2.35. The van der Waals surface area contributed by atoms with Crippen LogP contribution in [0.4, 0.5) is 5.82 Å². The maximum Gasteiger partial charge on any atom is 0.141 e. The molecule has 4 nitrogen and oxygen atoms in total. The fourth-order valence-electron chi connectivity index (χ4n) is 2.44. The molecule has 0 spiro atoms. The lowest BCUT2D eigenvalue weighted by atomic mass is 10.1. The van der Waals surface area contributed by atoms with Gasteiger partial charge in [0.15, 0.2) is 0 Å². The maximum atomic E-state index is 6.06. The van der Waals surface area contributed by atoms with Gasteiger partial charge in [0.25, 0.3) is 0 Å². The van der Waals surface area contributed by atoms with E-state index in [1.165, 1.54) is 15.8 Å². The van der Waals surface area contributed by atoms with Gasteiger partial charge in [0.1, 0.15) is 17.0 Å². The van der Waals surface area contributed by atoms with E-state index < -0.39 is 0 Å². The first-order valence-corrected chi connectivity index (χ1v) is 7.68. The van der Waals surface area contributed by atoms with E-state index in [4.69, 9.17) is 16.3 Å². The Hall–Kier alpha value is -0.910. The SMILES string of the molecule is Cc1sc2ncnc(N3CCOCC3CCl)c2c1C. The summed E-state index contributed by atoms with van der Waals surface area (Å²) < 4.78 is 5.51. The first-order valence-electron chi connectivity index (χ1n) is 6.33. The number of morpholine rings is 1. The highest BCUT2D eigenvalue weighted by atomic mass is 35.5. The number of rotatable bonds is 2. The minimum Gasteiger partial charge on any atom is -0.377 e. The number of aryl methyl sites for hydroxylation is 2. The van der Waals surface area contributed by atoms with E-state index in [1.807, 2.05) is 0 Å². The summed E-state index contributed by atoms with van der Waals surface area (Å²) in [6.07, 6.45) is 1.65. The molecule has 2 aromatic heterocycles. The maximum absolute atomic E-state index is 6.06.